The van der Waals surface area contributed by atoms with Crippen LogP contribution in [0.25, 0.3) is 6.08 Å². The third kappa shape index (κ3) is 6.12. The molecule has 0 aliphatic rings. The van der Waals surface area contributed by atoms with E-state index in [2.05, 4.69) is 0 Å². The van der Waals surface area contributed by atoms with Crippen LogP contribution in [0.15, 0.2) is 115 Å². The fourth-order valence-electron chi connectivity index (χ4n) is 3.70. The van der Waals surface area contributed by atoms with Gasteiger partial charge in [0.15, 0.2) is 5.78 Å². The second-order valence-corrected chi connectivity index (χ2v) is 8.40. The number of carbonyl (C=O) groups excluding carboxylic acids is 2. The molecule has 174 valence electrons. The molecule has 35 heavy (non-hydrogen) atoms. The molecule has 4 aromatic rings. The van der Waals surface area contributed by atoms with E-state index >= 15 is 0 Å². The lowest BCUT2D eigenvalue weighted by Crippen LogP contribution is -2.36. The summed E-state index contributed by atoms with van der Waals surface area (Å²) in [6.45, 7) is -0.0989. The Bertz CT molecular complexity index is 1320. The van der Waals surface area contributed by atoms with Crippen LogP contribution in [0.5, 0.6) is 0 Å². The normalized spacial score (nSPS) is 11.8. The van der Waals surface area contributed by atoms with Crippen molar-refractivity contribution in [3.8, 4) is 0 Å². The molecule has 0 saturated heterocycles. The molecule has 0 aliphatic heterocycles. The van der Waals surface area contributed by atoms with Gasteiger partial charge < -0.3 is 10.0 Å². The number of Topliss-reactive ketones (excluding diaryl/α,β-unsaturated/α-hetero) is 1. The number of nitrogens with zero attached hydrogens (tertiary/aromatic N) is 1. The maximum atomic E-state index is 13.7. The molecular formula is C30H24ClNO3. The summed E-state index contributed by atoms with van der Waals surface area (Å²) in [4.78, 5) is 28.2. The molecule has 4 aromatic carbocycles. The molecule has 1 N–H and O–H groups in total. The van der Waals surface area contributed by atoms with Crippen LogP contribution in [-0.2, 0) is 0 Å². The molecule has 5 heteroatoms. The number of carbonyl (C=O) groups is 2. The number of halogens is 1. The van der Waals surface area contributed by atoms with Crippen molar-refractivity contribution in [3.05, 3.63) is 143 Å². The lowest BCUT2D eigenvalue weighted by atomic mass is 10.0. The number of para-hydroxylation sites is 1. The first-order valence-electron chi connectivity index (χ1n) is 11.2. The van der Waals surface area contributed by atoms with Crippen molar-refractivity contribution >= 4 is 35.1 Å². The third-order valence-corrected chi connectivity index (χ3v) is 5.82. The Morgan fingerprint density at radius 1 is 0.800 bits per heavy atom. The molecule has 0 heterocycles. The number of benzene rings is 4. The van der Waals surface area contributed by atoms with Crippen LogP contribution in [0.4, 0.5) is 5.69 Å². The zero-order chi connectivity index (χ0) is 24.6. The number of hydrogen-bond acceptors (Lipinski definition) is 3. The standard InChI is InChI=1S/C30H24ClNO3/c31-25-18-15-24(16-19-25)28(33)20-17-22-9-7-8-14-27(22)30(35)32(26-12-5-2-6-13-26)21-29(34)23-10-3-1-4-11-23/h1-20,28,33H,21H2/b20-17+. The van der Waals surface area contributed by atoms with Crippen LogP contribution < -0.4 is 4.90 Å². The molecule has 0 spiro atoms. The van der Waals surface area contributed by atoms with Gasteiger partial charge in [0.2, 0.25) is 0 Å². The van der Waals surface area contributed by atoms with Gasteiger partial charge in [-0.15, -0.1) is 0 Å². The van der Waals surface area contributed by atoms with Crippen LogP contribution in [0, 0.1) is 0 Å². The largest absolute Gasteiger partial charge is 0.384 e. The van der Waals surface area contributed by atoms with Crippen LogP contribution in [0.2, 0.25) is 5.02 Å². The van der Waals surface area contributed by atoms with Gasteiger partial charge in [0.05, 0.1) is 12.6 Å². The van der Waals surface area contributed by atoms with Gasteiger partial charge in [0.25, 0.3) is 5.91 Å². The number of aliphatic hydroxyl groups excluding tert-OH is 1. The Morgan fingerprint density at radius 2 is 1.40 bits per heavy atom. The SMILES string of the molecule is O=C(CN(C(=O)c1ccccc1/C=C/C(O)c1ccc(Cl)cc1)c1ccccc1)c1ccccc1. The maximum Gasteiger partial charge on any atom is 0.259 e. The average molecular weight is 482 g/mol. The summed E-state index contributed by atoms with van der Waals surface area (Å²) in [5.41, 5.74) is 2.92. The number of rotatable bonds is 8. The number of hydrogen-bond donors (Lipinski definition) is 1. The van der Waals surface area contributed by atoms with Crippen LogP contribution in [-0.4, -0.2) is 23.3 Å². The first kappa shape index (κ1) is 24.1. The minimum Gasteiger partial charge on any atom is -0.384 e. The lowest BCUT2D eigenvalue weighted by Gasteiger charge is -2.23. The van der Waals surface area contributed by atoms with Crippen molar-refractivity contribution in [1.29, 1.82) is 0 Å². The van der Waals surface area contributed by atoms with Crippen molar-refractivity contribution in [1.82, 2.24) is 0 Å². The van der Waals surface area contributed by atoms with Crippen molar-refractivity contribution < 1.29 is 14.7 Å². The van der Waals surface area contributed by atoms with Crippen molar-refractivity contribution in [2.75, 3.05) is 11.4 Å². The Hall–Kier alpha value is -3.99. The number of aliphatic hydroxyl groups is 1. The van der Waals surface area contributed by atoms with Crippen molar-refractivity contribution in [3.63, 3.8) is 0 Å². The van der Waals surface area contributed by atoms with E-state index in [1.807, 2.05) is 30.3 Å². The van der Waals surface area contributed by atoms with Gasteiger partial charge in [0, 0.05) is 21.8 Å². The maximum absolute atomic E-state index is 13.7. The predicted octanol–water partition coefficient (Wildman–Crippen LogP) is 6.62. The summed E-state index contributed by atoms with van der Waals surface area (Å²) in [7, 11) is 0. The van der Waals surface area contributed by atoms with E-state index in [1.165, 1.54) is 4.90 Å². The highest BCUT2D eigenvalue weighted by molar-refractivity contribution is 6.30. The second-order valence-electron chi connectivity index (χ2n) is 7.96. The number of amides is 1. The fraction of sp³-hybridized carbons (Fsp3) is 0.0667. The van der Waals surface area contributed by atoms with Gasteiger partial charge in [-0.25, -0.2) is 0 Å². The van der Waals surface area contributed by atoms with E-state index in [4.69, 9.17) is 11.6 Å². The molecule has 0 fully saturated rings. The Kier molecular flexibility index (Phi) is 7.88. The van der Waals surface area contributed by atoms with Gasteiger partial charge in [-0.1, -0.05) is 103 Å². The van der Waals surface area contributed by atoms with Crippen LogP contribution in [0.3, 0.4) is 0 Å². The molecule has 0 aromatic heterocycles. The molecule has 1 unspecified atom stereocenters. The summed E-state index contributed by atoms with van der Waals surface area (Å²) in [5, 5.41) is 11.2. The van der Waals surface area contributed by atoms with E-state index in [1.54, 1.807) is 91.0 Å². The summed E-state index contributed by atoms with van der Waals surface area (Å²) >= 11 is 5.93. The summed E-state index contributed by atoms with van der Waals surface area (Å²) in [5.74, 6) is -0.462. The highest BCUT2D eigenvalue weighted by atomic mass is 35.5. The molecule has 0 aliphatic carbocycles. The first-order chi connectivity index (χ1) is 17.0. The van der Waals surface area contributed by atoms with Crippen molar-refractivity contribution in [2.45, 2.75) is 6.10 Å². The third-order valence-electron chi connectivity index (χ3n) is 5.57. The second kappa shape index (κ2) is 11.4. The predicted molar refractivity (Wildman–Crippen MR) is 141 cm³/mol. The summed E-state index contributed by atoms with van der Waals surface area (Å²) in [6.07, 6.45) is 2.48. The van der Waals surface area contributed by atoms with E-state index in [0.29, 0.717) is 33.0 Å². The Morgan fingerprint density at radius 3 is 2.09 bits per heavy atom. The van der Waals surface area contributed by atoms with E-state index < -0.39 is 6.10 Å². The monoisotopic (exact) mass is 481 g/mol. The molecule has 4 nitrogen and oxygen atoms in total. The van der Waals surface area contributed by atoms with Gasteiger partial charge in [0.1, 0.15) is 0 Å². The lowest BCUT2D eigenvalue weighted by molar-refractivity contribution is 0.0937. The van der Waals surface area contributed by atoms with E-state index in [0.717, 1.165) is 0 Å². The molecular weight excluding hydrogens is 458 g/mol. The van der Waals surface area contributed by atoms with Crippen molar-refractivity contribution in [2.24, 2.45) is 0 Å². The number of ketones is 1. The highest BCUT2D eigenvalue weighted by Gasteiger charge is 2.23. The Labute approximate surface area is 209 Å². The van der Waals surface area contributed by atoms with Gasteiger partial charge in [-0.05, 0) is 41.5 Å². The zero-order valence-corrected chi connectivity index (χ0v) is 19.7. The minimum atomic E-state index is -0.861. The molecule has 0 bridgehead atoms. The van der Waals surface area contributed by atoms with Gasteiger partial charge in [-0.3, -0.25) is 9.59 Å². The van der Waals surface area contributed by atoms with E-state index in [-0.39, 0.29) is 18.2 Å². The smallest absolute Gasteiger partial charge is 0.259 e. The first-order valence-corrected chi connectivity index (χ1v) is 11.6. The summed E-state index contributed by atoms with van der Waals surface area (Å²) in [6, 6.07) is 32.1. The quantitative estimate of drug-likeness (QED) is 0.288. The molecule has 4 rings (SSSR count). The molecule has 1 atom stereocenters. The fourth-order valence-corrected chi connectivity index (χ4v) is 3.82. The highest BCUT2D eigenvalue weighted by Crippen LogP contribution is 2.23. The zero-order valence-electron chi connectivity index (χ0n) is 18.9. The minimum absolute atomic E-state index is 0.0989. The Balaban J connectivity index is 1.63. The molecule has 0 radical (unpaired) electrons. The van der Waals surface area contributed by atoms with Crippen LogP contribution in [0.1, 0.15) is 37.9 Å². The molecule has 1 amide bonds. The average Bonchev–Trinajstić information content (AvgIpc) is 2.91. The van der Waals surface area contributed by atoms with E-state index in [9.17, 15) is 14.7 Å². The topological polar surface area (TPSA) is 57.6 Å². The van der Waals surface area contributed by atoms with Gasteiger partial charge >= 0.3 is 0 Å². The van der Waals surface area contributed by atoms with Gasteiger partial charge in [-0.2, -0.15) is 0 Å². The van der Waals surface area contributed by atoms with Crippen LogP contribution >= 0.6 is 11.6 Å². The molecule has 0 saturated carbocycles. The summed E-state index contributed by atoms with van der Waals surface area (Å²) < 4.78 is 0. The number of anilines is 1.